The van der Waals surface area contributed by atoms with Crippen LogP contribution in [0.3, 0.4) is 0 Å². The highest BCUT2D eigenvalue weighted by Gasteiger charge is 2.11. The Hall–Kier alpha value is -1.69. The minimum Gasteiger partial charge on any atom is -0.308 e. The van der Waals surface area contributed by atoms with Crippen molar-refractivity contribution in [1.82, 2.24) is 0 Å². The van der Waals surface area contributed by atoms with Crippen LogP contribution in [0.2, 0.25) is 10.0 Å². The Morgan fingerprint density at radius 2 is 1.52 bits per heavy atom. The lowest BCUT2D eigenvalue weighted by atomic mass is 10.0. The van der Waals surface area contributed by atoms with Crippen molar-refractivity contribution in [1.29, 1.82) is 0 Å². The minimum absolute atomic E-state index is 0.205. The van der Waals surface area contributed by atoms with Crippen LogP contribution in [0.25, 0.3) is 0 Å². The molecule has 2 aromatic rings. The largest absolute Gasteiger partial charge is 0.323 e. The van der Waals surface area contributed by atoms with Gasteiger partial charge in [-0.05, 0) is 35.9 Å². The van der Waals surface area contributed by atoms with Gasteiger partial charge in [-0.3, -0.25) is 4.79 Å². The van der Waals surface area contributed by atoms with E-state index in [1.54, 1.807) is 49.4 Å². The van der Waals surface area contributed by atoms with Gasteiger partial charge in [0.05, 0.1) is 16.0 Å². The number of benzene rings is 2. The minimum atomic E-state index is -0.408. The van der Waals surface area contributed by atoms with E-state index < -0.39 is 6.03 Å². The molecule has 7 heteroatoms. The Morgan fingerprint density at radius 3 is 2.09 bits per heavy atom. The summed E-state index contributed by atoms with van der Waals surface area (Å²) in [6, 6.07) is 11.4. The van der Waals surface area contributed by atoms with Crippen molar-refractivity contribution in [2.45, 2.75) is 12.8 Å². The highest BCUT2D eigenvalue weighted by Crippen LogP contribution is 2.25. The van der Waals surface area contributed by atoms with Crippen LogP contribution in [0, 0.1) is 0 Å². The lowest BCUT2D eigenvalue weighted by molar-refractivity contribution is -0.111. The number of amides is 2. The van der Waals surface area contributed by atoms with Crippen molar-refractivity contribution >= 4 is 58.4 Å². The zero-order valence-corrected chi connectivity index (χ0v) is 14.5. The van der Waals surface area contributed by atoms with Gasteiger partial charge < -0.3 is 10.6 Å². The standard InChI is InChI=1S/C16H14Cl2N2O2S/c1-9(15(21)23)10-2-4-11(5-3-10)19-16(22)20-12-6-7-13(17)14(18)8-12/h2-9H,1H3,(H,21,23)(H2,19,20,22). The molecule has 2 aromatic carbocycles. The van der Waals surface area contributed by atoms with E-state index in [4.69, 9.17) is 23.2 Å². The van der Waals surface area contributed by atoms with Gasteiger partial charge in [-0.2, -0.15) is 0 Å². The highest BCUT2D eigenvalue weighted by atomic mass is 35.5. The smallest absolute Gasteiger partial charge is 0.308 e. The molecular formula is C16H14Cl2N2O2S. The topological polar surface area (TPSA) is 58.2 Å². The fraction of sp³-hybridized carbons (Fsp3) is 0.125. The second kappa shape index (κ2) is 7.73. The number of anilines is 2. The van der Waals surface area contributed by atoms with Gasteiger partial charge in [0.1, 0.15) is 0 Å². The quantitative estimate of drug-likeness (QED) is 0.649. The number of hydrogen-bond acceptors (Lipinski definition) is 2. The predicted octanol–water partition coefficient (Wildman–Crippen LogP) is 5.20. The average Bonchev–Trinajstić information content (AvgIpc) is 2.51. The van der Waals surface area contributed by atoms with Crippen molar-refractivity contribution in [2.75, 3.05) is 10.6 Å². The summed E-state index contributed by atoms with van der Waals surface area (Å²) >= 11 is 15.5. The molecule has 0 radical (unpaired) electrons. The van der Waals surface area contributed by atoms with Crippen molar-refractivity contribution in [3.8, 4) is 0 Å². The van der Waals surface area contributed by atoms with Gasteiger partial charge in [0.15, 0.2) is 5.12 Å². The first-order valence-electron chi connectivity index (χ1n) is 6.72. The summed E-state index contributed by atoms with van der Waals surface area (Å²) in [5.41, 5.74) is 1.97. The molecule has 0 fully saturated rings. The summed E-state index contributed by atoms with van der Waals surface area (Å²) in [5.74, 6) is -0.294. The molecule has 0 aliphatic heterocycles. The SMILES string of the molecule is CC(C(=O)S)c1ccc(NC(=O)Nc2ccc(Cl)c(Cl)c2)cc1. The summed E-state index contributed by atoms with van der Waals surface area (Å²) in [7, 11) is 0. The van der Waals surface area contributed by atoms with Gasteiger partial charge in [-0.25, -0.2) is 4.79 Å². The van der Waals surface area contributed by atoms with E-state index in [0.29, 0.717) is 21.4 Å². The molecule has 2 amide bonds. The molecule has 120 valence electrons. The first-order valence-corrected chi connectivity index (χ1v) is 7.93. The summed E-state index contributed by atoms with van der Waals surface area (Å²) in [6.07, 6.45) is 0. The third kappa shape index (κ3) is 4.89. The maximum atomic E-state index is 11.9. The molecule has 0 saturated heterocycles. The molecule has 0 saturated carbocycles. The number of nitrogens with one attached hydrogen (secondary N) is 2. The van der Waals surface area contributed by atoms with Gasteiger partial charge in [0.25, 0.3) is 0 Å². The summed E-state index contributed by atoms with van der Waals surface area (Å²) < 4.78 is 0. The first-order chi connectivity index (χ1) is 10.9. The van der Waals surface area contributed by atoms with Crippen molar-refractivity contribution in [3.05, 3.63) is 58.1 Å². The Labute approximate surface area is 149 Å². The molecular weight excluding hydrogens is 355 g/mol. The third-order valence-electron chi connectivity index (χ3n) is 3.22. The number of urea groups is 1. The van der Waals surface area contributed by atoms with Crippen molar-refractivity contribution in [2.24, 2.45) is 0 Å². The molecule has 0 aromatic heterocycles. The van der Waals surface area contributed by atoms with Crippen LogP contribution in [0.1, 0.15) is 18.4 Å². The fourth-order valence-corrected chi connectivity index (χ4v) is 2.31. The summed E-state index contributed by atoms with van der Waals surface area (Å²) in [5, 5.41) is 5.92. The van der Waals surface area contributed by atoms with Gasteiger partial charge in [0, 0.05) is 11.4 Å². The number of hydrogen-bond donors (Lipinski definition) is 3. The van der Waals surface area contributed by atoms with E-state index in [0.717, 1.165) is 5.56 Å². The molecule has 2 rings (SSSR count). The van der Waals surface area contributed by atoms with E-state index >= 15 is 0 Å². The molecule has 0 heterocycles. The van der Waals surface area contributed by atoms with Crippen LogP contribution in [-0.2, 0) is 4.79 Å². The van der Waals surface area contributed by atoms with E-state index in [1.807, 2.05) is 0 Å². The first kappa shape index (κ1) is 17.7. The third-order valence-corrected chi connectivity index (χ3v) is 4.34. The van der Waals surface area contributed by atoms with Gasteiger partial charge in [0.2, 0.25) is 0 Å². The maximum absolute atomic E-state index is 11.9. The Morgan fingerprint density at radius 1 is 0.957 bits per heavy atom. The normalized spacial score (nSPS) is 11.7. The van der Waals surface area contributed by atoms with Crippen molar-refractivity contribution in [3.63, 3.8) is 0 Å². The molecule has 0 aliphatic carbocycles. The lowest BCUT2D eigenvalue weighted by Gasteiger charge is -2.10. The molecule has 4 nitrogen and oxygen atoms in total. The van der Waals surface area contributed by atoms with Crippen LogP contribution in [0.4, 0.5) is 16.2 Å². The molecule has 0 aliphatic rings. The van der Waals surface area contributed by atoms with E-state index in [-0.39, 0.29) is 11.0 Å². The fourth-order valence-electron chi connectivity index (χ4n) is 1.87. The Balaban J connectivity index is 2.00. The summed E-state index contributed by atoms with van der Waals surface area (Å²) in [4.78, 5) is 23.2. The number of carbonyl (C=O) groups excluding carboxylic acids is 2. The molecule has 2 N–H and O–H groups in total. The molecule has 0 spiro atoms. The Bertz CT molecular complexity index is 735. The average molecular weight is 369 g/mol. The van der Waals surface area contributed by atoms with E-state index in [9.17, 15) is 9.59 Å². The number of thiol groups is 1. The van der Waals surface area contributed by atoms with Crippen LogP contribution in [-0.4, -0.2) is 11.1 Å². The lowest BCUT2D eigenvalue weighted by Crippen LogP contribution is -2.19. The maximum Gasteiger partial charge on any atom is 0.323 e. The number of halogens is 2. The summed E-state index contributed by atoms with van der Waals surface area (Å²) in [6.45, 7) is 1.77. The van der Waals surface area contributed by atoms with Crippen LogP contribution in [0.5, 0.6) is 0 Å². The zero-order chi connectivity index (χ0) is 17.0. The van der Waals surface area contributed by atoms with Crippen LogP contribution < -0.4 is 10.6 Å². The van der Waals surface area contributed by atoms with Gasteiger partial charge >= 0.3 is 6.03 Å². The number of rotatable bonds is 4. The predicted molar refractivity (Wildman–Crippen MR) is 98.0 cm³/mol. The molecule has 1 unspecified atom stereocenters. The number of carbonyl (C=O) groups is 2. The molecule has 1 atom stereocenters. The second-order valence-corrected chi connectivity index (χ2v) is 6.15. The Kier molecular flexibility index (Phi) is 5.93. The van der Waals surface area contributed by atoms with Crippen LogP contribution in [0.15, 0.2) is 42.5 Å². The van der Waals surface area contributed by atoms with E-state index in [2.05, 4.69) is 23.3 Å². The monoisotopic (exact) mass is 368 g/mol. The van der Waals surface area contributed by atoms with Crippen LogP contribution >= 0.6 is 35.8 Å². The zero-order valence-electron chi connectivity index (χ0n) is 12.1. The van der Waals surface area contributed by atoms with Gasteiger partial charge in [-0.1, -0.05) is 42.3 Å². The van der Waals surface area contributed by atoms with Crippen molar-refractivity contribution < 1.29 is 9.59 Å². The van der Waals surface area contributed by atoms with E-state index in [1.165, 1.54) is 0 Å². The highest BCUT2D eigenvalue weighted by molar-refractivity contribution is 7.96. The van der Waals surface area contributed by atoms with Gasteiger partial charge in [-0.15, -0.1) is 12.6 Å². The molecule has 23 heavy (non-hydrogen) atoms. The molecule has 0 bridgehead atoms. The second-order valence-electron chi connectivity index (χ2n) is 4.89.